The fourth-order valence-corrected chi connectivity index (χ4v) is 1.16. The van der Waals surface area contributed by atoms with Crippen LogP contribution in [0.15, 0.2) is 24.3 Å². The molecule has 0 fully saturated rings. The van der Waals surface area contributed by atoms with E-state index in [-0.39, 0.29) is 0 Å². The number of carboxylic acid groups (broad SMARTS) is 1. The average Bonchev–Trinajstić information content (AvgIpc) is 2.06. The lowest BCUT2D eigenvalue weighted by Crippen LogP contribution is -2.08. The molecule has 0 amide bonds. The lowest BCUT2D eigenvalue weighted by atomic mass is 9.91. The molecule has 13 heavy (non-hydrogen) atoms. The Kier molecular flexibility index (Phi) is 5.94. The van der Waals surface area contributed by atoms with Gasteiger partial charge in [0.25, 0.3) is 0 Å². The molecule has 1 aliphatic rings. The van der Waals surface area contributed by atoms with Crippen LogP contribution in [0.1, 0.15) is 33.1 Å². The first-order valence-electron chi connectivity index (χ1n) is 4.61. The van der Waals surface area contributed by atoms with Crippen molar-refractivity contribution in [3.63, 3.8) is 0 Å². The summed E-state index contributed by atoms with van der Waals surface area (Å²) in [6, 6.07) is 0. The fourth-order valence-electron chi connectivity index (χ4n) is 1.16. The van der Waals surface area contributed by atoms with E-state index < -0.39 is 5.97 Å². The van der Waals surface area contributed by atoms with Crippen molar-refractivity contribution >= 4 is 5.97 Å². The van der Waals surface area contributed by atoms with Gasteiger partial charge in [-0.3, -0.25) is 0 Å². The Labute approximate surface area is 80.0 Å². The molecule has 0 saturated heterocycles. The first-order valence-corrected chi connectivity index (χ1v) is 4.61. The summed E-state index contributed by atoms with van der Waals surface area (Å²) in [5.41, 5.74) is 0.595. The van der Waals surface area contributed by atoms with Gasteiger partial charge in [-0.1, -0.05) is 19.1 Å². The van der Waals surface area contributed by atoms with Crippen LogP contribution in [0.4, 0.5) is 0 Å². The summed E-state index contributed by atoms with van der Waals surface area (Å²) in [6.07, 6.45) is 6.30. The minimum absolute atomic E-state index is 0.595. The maximum atomic E-state index is 10.4. The minimum atomic E-state index is -0.744. The highest BCUT2D eigenvalue weighted by molar-refractivity contribution is 5.86. The SMILES string of the molecule is C=CC.CC1CC=C(C(=O)O)CC1. The fraction of sp³-hybridized carbons (Fsp3) is 0.545. The summed E-state index contributed by atoms with van der Waals surface area (Å²) in [6.45, 7) is 7.40. The summed E-state index contributed by atoms with van der Waals surface area (Å²) in [4.78, 5) is 10.4. The maximum absolute atomic E-state index is 10.4. The number of carbonyl (C=O) groups is 1. The van der Waals surface area contributed by atoms with Gasteiger partial charge in [0, 0.05) is 5.57 Å². The molecule has 1 aliphatic carbocycles. The molecular formula is C11H18O2. The molecule has 1 rings (SSSR count). The van der Waals surface area contributed by atoms with Gasteiger partial charge in [-0.05, 0) is 32.1 Å². The van der Waals surface area contributed by atoms with Crippen molar-refractivity contribution in [1.82, 2.24) is 0 Å². The van der Waals surface area contributed by atoms with Crippen LogP contribution in [-0.2, 0) is 4.79 Å². The molecular weight excluding hydrogens is 164 g/mol. The third kappa shape index (κ3) is 5.23. The normalized spacial score (nSPS) is 20.8. The predicted octanol–water partition coefficient (Wildman–Crippen LogP) is 3.01. The van der Waals surface area contributed by atoms with Gasteiger partial charge in [0.05, 0.1) is 0 Å². The molecule has 0 aromatic heterocycles. The Balaban J connectivity index is 0.000000424. The highest BCUT2D eigenvalue weighted by Gasteiger charge is 2.14. The molecule has 0 aromatic carbocycles. The van der Waals surface area contributed by atoms with Crippen LogP contribution in [0.5, 0.6) is 0 Å². The summed E-state index contributed by atoms with van der Waals surface area (Å²) < 4.78 is 0. The minimum Gasteiger partial charge on any atom is -0.478 e. The number of hydrogen-bond acceptors (Lipinski definition) is 1. The van der Waals surface area contributed by atoms with Gasteiger partial charge in [-0.25, -0.2) is 4.79 Å². The Bertz CT molecular complexity index is 204. The Morgan fingerprint density at radius 3 is 2.62 bits per heavy atom. The molecule has 0 aromatic rings. The number of rotatable bonds is 1. The highest BCUT2D eigenvalue weighted by Crippen LogP contribution is 2.22. The van der Waals surface area contributed by atoms with E-state index in [0.29, 0.717) is 11.5 Å². The second-order valence-electron chi connectivity index (χ2n) is 3.32. The zero-order chi connectivity index (χ0) is 10.3. The van der Waals surface area contributed by atoms with Crippen LogP contribution in [0.3, 0.4) is 0 Å². The Morgan fingerprint density at radius 1 is 1.77 bits per heavy atom. The van der Waals surface area contributed by atoms with Crippen molar-refractivity contribution in [2.75, 3.05) is 0 Å². The summed E-state index contributed by atoms with van der Waals surface area (Å²) in [5.74, 6) is -0.0741. The van der Waals surface area contributed by atoms with E-state index in [4.69, 9.17) is 5.11 Å². The van der Waals surface area contributed by atoms with Crippen molar-refractivity contribution in [3.05, 3.63) is 24.3 Å². The smallest absolute Gasteiger partial charge is 0.331 e. The molecule has 1 unspecified atom stereocenters. The number of allylic oxidation sites excluding steroid dienone is 2. The van der Waals surface area contributed by atoms with E-state index in [1.807, 2.05) is 13.0 Å². The van der Waals surface area contributed by atoms with E-state index in [0.717, 1.165) is 19.3 Å². The molecule has 1 N–H and O–H groups in total. The van der Waals surface area contributed by atoms with Crippen molar-refractivity contribution in [3.8, 4) is 0 Å². The number of carboxylic acids is 1. The molecule has 0 aliphatic heterocycles. The van der Waals surface area contributed by atoms with Gasteiger partial charge >= 0.3 is 5.97 Å². The second-order valence-corrected chi connectivity index (χ2v) is 3.32. The number of aliphatic carboxylic acids is 1. The topological polar surface area (TPSA) is 37.3 Å². The molecule has 0 saturated carbocycles. The van der Waals surface area contributed by atoms with Crippen LogP contribution < -0.4 is 0 Å². The van der Waals surface area contributed by atoms with Gasteiger partial charge in [-0.15, -0.1) is 6.58 Å². The van der Waals surface area contributed by atoms with Crippen molar-refractivity contribution in [2.45, 2.75) is 33.1 Å². The van der Waals surface area contributed by atoms with Crippen LogP contribution in [0.2, 0.25) is 0 Å². The van der Waals surface area contributed by atoms with Gasteiger partial charge in [0.1, 0.15) is 0 Å². The zero-order valence-electron chi connectivity index (χ0n) is 8.42. The van der Waals surface area contributed by atoms with Crippen molar-refractivity contribution < 1.29 is 9.90 Å². The first-order chi connectivity index (χ1) is 6.11. The molecule has 1 atom stereocenters. The van der Waals surface area contributed by atoms with Gasteiger partial charge in [-0.2, -0.15) is 0 Å². The van der Waals surface area contributed by atoms with E-state index in [2.05, 4.69) is 13.5 Å². The second kappa shape index (κ2) is 6.46. The molecule has 0 spiro atoms. The van der Waals surface area contributed by atoms with Crippen LogP contribution in [0.25, 0.3) is 0 Å². The van der Waals surface area contributed by atoms with E-state index in [1.165, 1.54) is 0 Å². The van der Waals surface area contributed by atoms with Crippen molar-refractivity contribution in [2.24, 2.45) is 5.92 Å². The predicted molar refractivity (Wildman–Crippen MR) is 54.6 cm³/mol. The Hall–Kier alpha value is -1.05. The summed E-state index contributed by atoms with van der Waals surface area (Å²) in [5, 5.41) is 8.56. The molecule has 2 nitrogen and oxygen atoms in total. The Morgan fingerprint density at radius 2 is 2.31 bits per heavy atom. The van der Waals surface area contributed by atoms with Crippen LogP contribution >= 0.6 is 0 Å². The monoisotopic (exact) mass is 182 g/mol. The molecule has 0 bridgehead atoms. The van der Waals surface area contributed by atoms with E-state index in [1.54, 1.807) is 6.08 Å². The van der Waals surface area contributed by atoms with E-state index in [9.17, 15) is 4.79 Å². The molecule has 0 heterocycles. The lowest BCUT2D eigenvalue weighted by Gasteiger charge is -2.14. The lowest BCUT2D eigenvalue weighted by molar-refractivity contribution is -0.132. The van der Waals surface area contributed by atoms with Crippen LogP contribution in [-0.4, -0.2) is 11.1 Å². The van der Waals surface area contributed by atoms with Crippen LogP contribution in [0, 0.1) is 5.92 Å². The average molecular weight is 182 g/mol. The largest absolute Gasteiger partial charge is 0.478 e. The first kappa shape index (κ1) is 11.9. The zero-order valence-corrected chi connectivity index (χ0v) is 8.42. The quantitative estimate of drug-likeness (QED) is 0.633. The van der Waals surface area contributed by atoms with Crippen molar-refractivity contribution in [1.29, 1.82) is 0 Å². The van der Waals surface area contributed by atoms with Gasteiger partial charge in [0.2, 0.25) is 0 Å². The molecule has 74 valence electrons. The van der Waals surface area contributed by atoms with Gasteiger partial charge in [0.15, 0.2) is 0 Å². The third-order valence-electron chi connectivity index (χ3n) is 1.95. The van der Waals surface area contributed by atoms with Gasteiger partial charge < -0.3 is 5.11 Å². The maximum Gasteiger partial charge on any atom is 0.331 e. The van der Waals surface area contributed by atoms with E-state index >= 15 is 0 Å². The molecule has 0 radical (unpaired) electrons. The number of hydrogen-bond donors (Lipinski definition) is 1. The summed E-state index contributed by atoms with van der Waals surface area (Å²) in [7, 11) is 0. The summed E-state index contributed by atoms with van der Waals surface area (Å²) >= 11 is 0. The standard InChI is InChI=1S/C8H12O2.C3H6/c1-6-2-4-7(5-3-6)8(9)10;1-3-2/h4,6H,2-3,5H2,1H3,(H,9,10);3H,1H2,2H3. The molecule has 2 heteroatoms. The third-order valence-corrected chi connectivity index (χ3v) is 1.95. The highest BCUT2D eigenvalue weighted by atomic mass is 16.4.